The van der Waals surface area contributed by atoms with Crippen molar-refractivity contribution in [1.82, 2.24) is 0 Å². The Morgan fingerprint density at radius 1 is 0.960 bits per heavy atom. The van der Waals surface area contributed by atoms with E-state index in [-0.39, 0.29) is 12.6 Å². The molecule has 0 fully saturated rings. The number of aryl methyl sites for hydroxylation is 1. The lowest BCUT2D eigenvalue weighted by molar-refractivity contribution is -0.136. The molecule has 3 aromatic carbocycles. The second kappa shape index (κ2) is 7.67. The molecule has 0 radical (unpaired) electrons. The molecule has 0 saturated heterocycles. The van der Waals surface area contributed by atoms with E-state index in [9.17, 15) is 4.79 Å². The third-order valence-electron chi connectivity index (χ3n) is 3.98. The Kier molecular flexibility index (Phi) is 5.14. The minimum absolute atomic E-state index is 0.152. The molecular formula is C22H20O3. The van der Waals surface area contributed by atoms with Crippen molar-refractivity contribution in [3.05, 3.63) is 83.4 Å². The van der Waals surface area contributed by atoms with Gasteiger partial charge < -0.3 is 9.47 Å². The molecule has 0 aromatic heterocycles. The molecule has 0 bridgehead atoms. The highest BCUT2D eigenvalue weighted by atomic mass is 16.5. The number of carbonyl (C=O) groups is 1. The van der Waals surface area contributed by atoms with Gasteiger partial charge in [-0.1, -0.05) is 60.2 Å². The third kappa shape index (κ3) is 4.27. The van der Waals surface area contributed by atoms with Gasteiger partial charge in [0, 0.05) is 0 Å². The molecule has 0 atom stereocenters. The summed E-state index contributed by atoms with van der Waals surface area (Å²) in [6.07, 6.45) is 1.80. The highest BCUT2D eigenvalue weighted by molar-refractivity contribution is 5.94. The van der Waals surface area contributed by atoms with Crippen LogP contribution < -0.4 is 4.74 Å². The van der Waals surface area contributed by atoms with E-state index in [1.54, 1.807) is 6.08 Å². The lowest BCUT2D eigenvalue weighted by atomic mass is 10.1. The Morgan fingerprint density at radius 2 is 1.68 bits per heavy atom. The monoisotopic (exact) mass is 332 g/mol. The molecule has 25 heavy (non-hydrogen) atoms. The van der Waals surface area contributed by atoms with E-state index in [1.165, 1.54) is 12.7 Å². The molecule has 0 unspecified atom stereocenters. The van der Waals surface area contributed by atoms with Gasteiger partial charge in [0.05, 0.1) is 12.7 Å². The van der Waals surface area contributed by atoms with Crippen molar-refractivity contribution in [1.29, 1.82) is 0 Å². The molecule has 0 aliphatic rings. The summed E-state index contributed by atoms with van der Waals surface area (Å²) in [6, 6.07) is 21.9. The number of fused-ring (bicyclic) bond motifs is 1. The topological polar surface area (TPSA) is 35.5 Å². The first-order chi connectivity index (χ1) is 12.2. The second-order valence-corrected chi connectivity index (χ2v) is 5.87. The van der Waals surface area contributed by atoms with E-state index in [4.69, 9.17) is 9.47 Å². The third-order valence-corrected chi connectivity index (χ3v) is 3.98. The Morgan fingerprint density at radius 3 is 2.40 bits per heavy atom. The normalized spacial score (nSPS) is 11.4. The van der Waals surface area contributed by atoms with Crippen LogP contribution in [0.2, 0.25) is 0 Å². The zero-order valence-corrected chi connectivity index (χ0v) is 14.4. The second-order valence-electron chi connectivity index (χ2n) is 5.87. The Balaban J connectivity index is 1.80. The van der Waals surface area contributed by atoms with Crippen LogP contribution in [0.5, 0.6) is 5.75 Å². The summed E-state index contributed by atoms with van der Waals surface area (Å²) in [5.74, 6) is 0.332. The summed E-state index contributed by atoms with van der Waals surface area (Å²) in [5, 5.41) is 2.25. The average molecular weight is 332 g/mol. The van der Waals surface area contributed by atoms with Gasteiger partial charge in [-0.15, -0.1) is 0 Å². The number of hydrogen-bond acceptors (Lipinski definition) is 3. The molecule has 0 saturated carbocycles. The van der Waals surface area contributed by atoms with Crippen molar-refractivity contribution in [3.63, 3.8) is 0 Å². The Hall–Kier alpha value is -3.07. The van der Waals surface area contributed by atoms with Gasteiger partial charge in [-0.2, -0.15) is 0 Å². The summed E-state index contributed by atoms with van der Waals surface area (Å²) in [6.45, 7) is 2.18. The van der Waals surface area contributed by atoms with Crippen molar-refractivity contribution in [3.8, 4) is 5.75 Å². The highest BCUT2D eigenvalue weighted by Crippen LogP contribution is 2.21. The van der Waals surface area contributed by atoms with Crippen LogP contribution in [0.1, 0.15) is 11.1 Å². The largest absolute Gasteiger partial charge is 0.489 e. The average Bonchev–Trinajstić information content (AvgIpc) is 2.65. The number of benzene rings is 3. The van der Waals surface area contributed by atoms with Gasteiger partial charge >= 0.3 is 5.97 Å². The van der Waals surface area contributed by atoms with Crippen molar-refractivity contribution >= 4 is 22.8 Å². The molecule has 0 aliphatic carbocycles. The van der Waals surface area contributed by atoms with Crippen LogP contribution in [0.15, 0.2) is 72.3 Å². The number of methoxy groups -OCH3 is 1. The molecule has 3 heteroatoms. The van der Waals surface area contributed by atoms with Crippen LogP contribution in [-0.4, -0.2) is 19.7 Å². The zero-order valence-electron chi connectivity index (χ0n) is 14.4. The minimum Gasteiger partial charge on any atom is -0.489 e. The maximum atomic E-state index is 12.0. The van der Waals surface area contributed by atoms with E-state index in [1.807, 2.05) is 67.6 Å². The Bertz CT molecular complexity index is 908. The first-order valence-corrected chi connectivity index (χ1v) is 8.13. The molecular weight excluding hydrogens is 312 g/mol. The summed E-state index contributed by atoms with van der Waals surface area (Å²) >= 11 is 0. The summed E-state index contributed by atoms with van der Waals surface area (Å²) in [5.41, 5.74) is 2.58. The fraction of sp³-hybridized carbons (Fsp3) is 0.136. The first kappa shape index (κ1) is 16.8. The molecule has 126 valence electrons. The van der Waals surface area contributed by atoms with Crippen molar-refractivity contribution in [2.75, 3.05) is 13.7 Å². The van der Waals surface area contributed by atoms with Gasteiger partial charge in [-0.25, -0.2) is 4.79 Å². The molecule has 3 aromatic rings. The number of carbonyl (C=O) groups excluding carboxylic acids is 1. The van der Waals surface area contributed by atoms with Gasteiger partial charge in [0.1, 0.15) is 12.4 Å². The quantitative estimate of drug-likeness (QED) is 0.498. The van der Waals surface area contributed by atoms with Crippen LogP contribution in [0.4, 0.5) is 0 Å². The predicted octanol–water partition coefficient (Wildman–Crippen LogP) is 4.78. The molecule has 0 heterocycles. The Labute approximate surface area is 147 Å². The number of rotatable bonds is 5. The summed E-state index contributed by atoms with van der Waals surface area (Å²) in [4.78, 5) is 12.0. The van der Waals surface area contributed by atoms with E-state index in [0.29, 0.717) is 5.57 Å². The van der Waals surface area contributed by atoms with Crippen LogP contribution in [-0.2, 0) is 9.53 Å². The van der Waals surface area contributed by atoms with Gasteiger partial charge in [0.15, 0.2) is 0 Å². The molecule has 0 N–H and O–H groups in total. The van der Waals surface area contributed by atoms with Gasteiger partial charge in [0.2, 0.25) is 0 Å². The number of hydrogen-bond donors (Lipinski definition) is 0. The molecule has 3 rings (SSSR count). The molecule has 3 nitrogen and oxygen atoms in total. The highest BCUT2D eigenvalue weighted by Gasteiger charge is 2.11. The number of esters is 1. The summed E-state index contributed by atoms with van der Waals surface area (Å²) < 4.78 is 10.7. The van der Waals surface area contributed by atoms with Crippen molar-refractivity contribution in [2.45, 2.75) is 6.92 Å². The maximum Gasteiger partial charge on any atom is 0.337 e. The SMILES string of the molecule is COC(=O)/C(=C/c1ccc(C)cc1)COc1ccc2ccccc2c1. The fourth-order valence-corrected chi connectivity index (χ4v) is 2.57. The lowest BCUT2D eigenvalue weighted by Crippen LogP contribution is -2.12. The van der Waals surface area contributed by atoms with E-state index < -0.39 is 0 Å². The first-order valence-electron chi connectivity index (χ1n) is 8.13. The summed E-state index contributed by atoms with van der Waals surface area (Å²) in [7, 11) is 1.38. The van der Waals surface area contributed by atoms with Gasteiger partial charge in [0.25, 0.3) is 0 Å². The van der Waals surface area contributed by atoms with E-state index in [2.05, 4.69) is 6.07 Å². The van der Waals surface area contributed by atoms with E-state index >= 15 is 0 Å². The van der Waals surface area contributed by atoms with Crippen molar-refractivity contribution < 1.29 is 14.3 Å². The minimum atomic E-state index is -0.388. The molecule has 0 amide bonds. The van der Waals surface area contributed by atoms with Gasteiger partial charge in [-0.05, 0) is 41.5 Å². The molecule has 0 spiro atoms. The van der Waals surface area contributed by atoms with Crippen LogP contribution >= 0.6 is 0 Å². The zero-order chi connectivity index (χ0) is 17.6. The maximum absolute atomic E-state index is 12.0. The molecule has 0 aliphatic heterocycles. The fourth-order valence-electron chi connectivity index (χ4n) is 2.57. The van der Waals surface area contributed by atoms with Crippen LogP contribution in [0.3, 0.4) is 0 Å². The van der Waals surface area contributed by atoms with Crippen LogP contribution in [0.25, 0.3) is 16.8 Å². The van der Waals surface area contributed by atoms with Crippen molar-refractivity contribution in [2.24, 2.45) is 0 Å². The van der Waals surface area contributed by atoms with Crippen LogP contribution in [0, 0.1) is 6.92 Å². The lowest BCUT2D eigenvalue weighted by Gasteiger charge is -2.10. The van der Waals surface area contributed by atoms with E-state index in [0.717, 1.165) is 22.1 Å². The standard InChI is InChI=1S/C22H20O3/c1-16-7-9-17(10-8-16)13-20(22(23)24-2)15-25-21-12-11-18-5-3-4-6-19(18)14-21/h3-14H,15H2,1-2H3/b20-13+. The van der Waals surface area contributed by atoms with Gasteiger partial charge in [-0.3, -0.25) is 0 Å². The smallest absolute Gasteiger partial charge is 0.337 e. The predicted molar refractivity (Wildman–Crippen MR) is 101 cm³/mol. The number of ether oxygens (including phenoxy) is 2.